The zero-order valence-electron chi connectivity index (χ0n) is 21.2. The van der Waals surface area contributed by atoms with E-state index in [0.29, 0.717) is 0 Å². The van der Waals surface area contributed by atoms with Gasteiger partial charge in [0.05, 0.1) is 12.7 Å². The van der Waals surface area contributed by atoms with Gasteiger partial charge >= 0.3 is 0 Å². The fourth-order valence-electron chi connectivity index (χ4n) is 6.71. The number of likely N-dealkylation sites (tertiary alicyclic amines) is 2. The van der Waals surface area contributed by atoms with Crippen molar-refractivity contribution in [1.82, 2.24) is 14.8 Å². The molecule has 2 aromatic rings. The van der Waals surface area contributed by atoms with E-state index in [-0.39, 0.29) is 11.5 Å². The van der Waals surface area contributed by atoms with Gasteiger partial charge in [-0.15, -0.1) is 0 Å². The number of piperidine rings is 1. The average molecular weight is 464 g/mol. The van der Waals surface area contributed by atoms with Crippen LogP contribution in [-0.4, -0.2) is 71.4 Å². The lowest BCUT2D eigenvalue weighted by Crippen LogP contribution is -2.68. The first kappa shape index (κ1) is 23.8. The van der Waals surface area contributed by atoms with E-state index in [9.17, 15) is 5.11 Å². The quantitative estimate of drug-likeness (QED) is 0.667. The molecule has 3 unspecified atom stereocenters. The molecule has 1 aromatic carbocycles. The zero-order chi connectivity index (χ0) is 23.8. The summed E-state index contributed by atoms with van der Waals surface area (Å²) in [6.07, 6.45) is 10.3. The topological polar surface area (TPSA) is 48.8 Å². The van der Waals surface area contributed by atoms with Gasteiger partial charge < -0.3 is 14.7 Å². The monoisotopic (exact) mass is 463 g/mol. The van der Waals surface area contributed by atoms with E-state index in [0.717, 1.165) is 70.1 Å². The number of ether oxygens (including phenoxy) is 1. The van der Waals surface area contributed by atoms with Crippen LogP contribution in [0.15, 0.2) is 42.7 Å². The van der Waals surface area contributed by atoms with Crippen LogP contribution in [0.3, 0.4) is 0 Å². The van der Waals surface area contributed by atoms with Crippen molar-refractivity contribution < 1.29 is 9.84 Å². The van der Waals surface area contributed by atoms with Gasteiger partial charge in [-0.2, -0.15) is 0 Å². The summed E-state index contributed by atoms with van der Waals surface area (Å²) in [6, 6.07) is 10.8. The zero-order valence-corrected chi connectivity index (χ0v) is 21.2. The van der Waals surface area contributed by atoms with Crippen LogP contribution in [0.25, 0.3) is 0 Å². The summed E-state index contributed by atoms with van der Waals surface area (Å²) >= 11 is 0. The number of hydrogen-bond acceptors (Lipinski definition) is 5. The molecule has 3 fully saturated rings. The highest BCUT2D eigenvalue weighted by Crippen LogP contribution is 2.53. The van der Waals surface area contributed by atoms with Gasteiger partial charge in [0.1, 0.15) is 5.75 Å². The molecule has 2 saturated heterocycles. The van der Waals surface area contributed by atoms with Crippen LogP contribution in [-0.2, 0) is 11.8 Å². The van der Waals surface area contributed by atoms with Crippen molar-refractivity contribution in [3.8, 4) is 5.75 Å². The molecule has 3 aliphatic rings. The van der Waals surface area contributed by atoms with E-state index >= 15 is 0 Å². The molecule has 0 amide bonds. The van der Waals surface area contributed by atoms with Crippen LogP contribution in [0.1, 0.15) is 55.7 Å². The number of aromatic nitrogens is 1. The molecule has 1 aliphatic carbocycles. The Balaban J connectivity index is 1.46. The van der Waals surface area contributed by atoms with Crippen LogP contribution in [0, 0.1) is 12.8 Å². The van der Waals surface area contributed by atoms with Gasteiger partial charge in [-0.25, -0.2) is 0 Å². The molecule has 5 nitrogen and oxygen atoms in total. The smallest absolute Gasteiger partial charge is 0.119 e. The molecule has 0 radical (unpaired) electrons. The van der Waals surface area contributed by atoms with Gasteiger partial charge in [-0.1, -0.05) is 12.1 Å². The minimum Gasteiger partial charge on any atom is -0.497 e. The predicted octanol–water partition coefficient (Wildman–Crippen LogP) is 4.21. The maximum Gasteiger partial charge on any atom is 0.119 e. The molecule has 0 spiro atoms. The molecule has 2 aliphatic heterocycles. The van der Waals surface area contributed by atoms with Gasteiger partial charge in [0.25, 0.3) is 0 Å². The molecule has 5 heteroatoms. The summed E-state index contributed by atoms with van der Waals surface area (Å²) in [6.45, 7) is 9.65. The van der Waals surface area contributed by atoms with E-state index in [1.165, 1.54) is 29.5 Å². The Hall–Kier alpha value is -1.95. The van der Waals surface area contributed by atoms with Gasteiger partial charge in [0, 0.05) is 43.5 Å². The molecular formula is C29H41N3O2. The van der Waals surface area contributed by atoms with E-state index in [2.05, 4.69) is 52.9 Å². The fraction of sp³-hybridized carbons (Fsp3) is 0.621. The lowest BCUT2D eigenvalue weighted by molar-refractivity contribution is -0.136. The number of nitrogens with zero attached hydrogens (tertiary/aromatic N) is 3. The van der Waals surface area contributed by atoms with Crippen molar-refractivity contribution in [2.24, 2.45) is 5.92 Å². The van der Waals surface area contributed by atoms with Gasteiger partial charge in [0.2, 0.25) is 0 Å². The normalized spacial score (nSPS) is 30.5. The second-order valence-corrected chi connectivity index (χ2v) is 11.0. The second-order valence-electron chi connectivity index (χ2n) is 11.0. The Bertz CT molecular complexity index is 979. The van der Waals surface area contributed by atoms with Crippen molar-refractivity contribution >= 4 is 0 Å². The Labute approximate surface area is 205 Å². The van der Waals surface area contributed by atoms with E-state index < -0.39 is 5.60 Å². The molecule has 184 valence electrons. The highest BCUT2D eigenvalue weighted by molar-refractivity contribution is 5.44. The van der Waals surface area contributed by atoms with Crippen molar-refractivity contribution in [2.75, 3.05) is 39.8 Å². The summed E-state index contributed by atoms with van der Waals surface area (Å²) < 4.78 is 5.65. The number of fused-ring (bicyclic) bond motifs is 1. The highest BCUT2D eigenvalue weighted by atomic mass is 16.5. The lowest BCUT2D eigenvalue weighted by Gasteiger charge is -2.58. The largest absolute Gasteiger partial charge is 0.497 e. The third kappa shape index (κ3) is 4.38. The van der Waals surface area contributed by atoms with Crippen LogP contribution in [0.2, 0.25) is 0 Å². The maximum absolute atomic E-state index is 12.7. The number of aryl methyl sites for hydroxylation is 1. The SMILES string of the molecule is COc1ccc(C)c(C23CCN(CCc4cccnc4)CCC2(O)C(C)N(CC2CC2)CC3)c1. The standard InChI is InChI=1S/C29H41N3O2/c1-22-6-9-26(34-3)19-27(22)28-11-16-31(15-10-24-5-4-14-30-20-24)17-13-29(28,33)23(2)32(18-12-28)21-25-7-8-25/h4-6,9,14,19-20,23,25,33H,7-8,10-13,15-18,21H2,1-3H3. The summed E-state index contributed by atoms with van der Waals surface area (Å²) in [7, 11) is 1.74. The number of aliphatic hydroxyl groups is 1. The molecule has 1 N–H and O–H groups in total. The highest BCUT2D eigenvalue weighted by Gasteiger charge is 2.59. The molecule has 34 heavy (non-hydrogen) atoms. The van der Waals surface area contributed by atoms with E-state index in [1.807, 2.05) is 18.5 Å². The minimum atomic E-state index is -0.764. The third-order valence-corrected chi connectivity index (χ3v) is 9.15. The van der Waals surface area contributed by atoms with Crippen LogP contribution < -0.4 is 4.74 Å². The Morgan fingerprint density at radius 2 is 1.91 bits per heavy atom. The lowest BCUT2D eigenvalue weighted by atomic mass is 9.57. The molecule has 1 saturated carbocycles. The van der Waals surface area contributed by atoms with Crippen molar-refractivity contribution in [1.29, 1.82) is 0 Å². The number of rotatable bonds is 7. The summed E-state index contributed by atoms with van der Waals surface area (Å²) in [5.74, 6) is 1.72. The molecule has 0 bridgehead atoms. The predicted molar refractivity (Wildman–Crippen MR) is 136 cm³/mol. The molecule has 1 aromatic heterocycles. The molecular weight excluding hydrogens is 422 g/mol. The summed E-state index contributed by atoms with van der Waals surface area (Å²) in [4.78, 5) is 9.45. The fourth-order valence-corrected chi connectivity index (χ4v) is 6.71. The first-order valence-corrected chi connectivity index (χ1v) is 13.2. The molecule has 5 rings (SSSR count). The Morgan fingerprint density at radius 3 is 2.65 bits per heavy atom. The number of benzene rings is 1. The van der Waals surface area contributed by atoms with Crippen LogP contribution in [0.5, 0.6) is 5.75 Å². The Kier molecular flexibility index (Phi) is 6.71. The molecule has 3 heterocycles. The first-order chi connectivity index (χ1) is 16.4. The minimum absolute atomic E-state index is 0.144. The van der Waals surface area contributed by atoms with Gasteiger partial charge in [-0.3, -0.25) is 9.88 Å². The van der Waals surface area contributed by atoms with E-state index in [4.69, 9.17) is 4.74 Å². The van der Waals surface area contributed by atoms with Crippen molar-refractivity contribution in [3.63, 3.8) is 0 Å². The summed E-state index contributed by atoms with van der Waals surface area (Å²) in [5, 5.41) is 12.7. The van der Waals surface area contributed by atoms with Gasteiger partial charge in [0.15, 0.2) is 0 Å². The number of hydrogen-bond donors (Lipinski definition) is 1. The first-order valence-electron chi connectivity index (χ1n) is 13.2. The van der Waals surface area contributed by atoms with Crippen molar-refractivity contribution in [2.45, 2.75) is 69.4 Å². The third-order valence-electron chi connectivity index (χ3n) is 9.15. The number of pyridine rings is 1. The average Bonchev–Trinajstić information content (AvgIpc) is 3.69. The maximum atomic E-state index is 12.7. The van der Waals surface area contributed by atoms with Crippen LogP contribution in [0.4, 0.5) is 0 Å². The van der Waals surface area contributed by atoms with E-state index in [1.54, 1.807) is 7.11 Å². The Morgan fingerprint density at radius 1 is 1.12 bits per heavy atom. The van der Waals surface area contributed by atoms with Gasteiger partial charge in [-0.05, 0) is 106 Å². The van der Waals surface area contributed by atoms with Crippen LogP contribution >= 0.6 is 0 Å². The molecule has 3 atom stereocenters. The summed E-state index contributed by atoms with van der Waals surface area (Å²) in [5.41, 5.74) is 2.83. The van der Waals surface area contributed by atoms with Crippen molar-refractivity contribution in [3.05, 3.63) is 59.4 Å². The second kappa shape index (κ2) is 9.60. The number of methoxy groups -OCH3 is 1.